The van der Waals surface area contributed by atoms with E-state index in [9.17, 15) is 0 Å². The standard InChI is InChI=1S/C13H25N3/c1-11-8-12(11)9-15-5-2-13(10-15)16-6-3-14-4-7-16/h11-14H,2-10H2,1H3. The van der Waals surface area contributed by atoms with Crippen molar-refractivity contribution in [3.05, 3.63) is 0 Å². The summed E-state index contributed by atoms with van der Waals surface area (Å²) in [7, 11) is 0. The molecule has 92 valence electrons. The van der Waals surface area contributed by atoms with Crippen molar-refractivity contribution >= 4 is 0 Å². The Morgan fingerprint density at radius 1 is 1.19 bits per heavy atom. The Balaban J connectivity index is 1.44. The van der Waals surface area contributed by atoms with Crippen LogP contribution in [-0.4, -0.2) is 61.7 Å². The average molecular weight is 223 g/mol. The molecule has 0 spiro atoms. The molecule has 0 aromatic rings. The third-order valence-electron chi connectivity index (χ3n) is 4.68. The molecule has 2 saturated heterocycles. The minimum Gasteiger partial charge on any atom is -0.314 e. The van der Waals surface area contributed by atoms with Gasteiger partial charge in [-0.1, -0.05) is 6.92 Å². The van der Waals surface area contributed by atoms with Crippen LogP contribution in [0.1, 0.15) is 19.8 Å². The molecule has 0 radical (unpaired) electrons. The van der Waals surface area contributed by atoms with Gasteiger partial charge in [-0.25, -0.2) is 0 Å². The summed E-state index contributed by atoms with van der Waals surface area (Å²) in [6.07, 6.45) is 2.88. The van der Waals surface area contributed by atoms with Crippen LogP contribution in [0.2, 0.25) is 0 Å². The first kappa shape index (κ1) is 11.0. The highest BCUT2D eigenvalue weighted by Gasteiger charge is 2.36. The Bertz CT molecular complexity index is 237. The molecule has 3 nitrogen and oxygen atoms in total. The molecule has 0 bridgehead atoms. The van der Waals surface area contributed by atoms with Gasteiger partial charge >= 0.3 is 0 Å². The van der Waals surface area contributed by atoms with Crippen LogP contribution in [0, 0.1) is 11.8 Å². The van der Waals surface area contributed by atoms with E-state index in [-0.39, 0.29) is 0 Å². The molecule has 3 heteroatoms. The number of hydrogen-bond acceptors (Lipinski definition) is 3. The summed E-state index contributed by atoms with van der Waals surface area (Å²) < 4.78 is 0. The van der Waals surface area contributed by atoms with Gasteiger partial charge in [-0.05, 0) is 31.2 Å². The van der Waals surface area contributed by atoms with E-state index in [4.69, 9.17) is 0 Å². The van der Waals surface area contributed by atoms with Gasteiger partial charge in [0.1, 0.15) is 0 Å². The fraction of sp³-hybridized carbons (Fsp3) is 1.00. The van der Waals surface area contributed by atoms with Crippen LogP contribution in [0.5, 0.6) is 0 Å². The molecule has 3 unspecified atom stereocenters. The van der Waals surface area contributed by atoms with E-state index in [0.717, 1.165) is 17.9 Å². The maximum atomic E-state index is 3.44. The highest BCUT2D eigenvalue weighted by molar-refractivity contribution is 4.90. The maximum absolute atomic E-state index is 3.44. The summed E-state index contributed by atoms with van der Waals surface area (Å²) in [5.74, 6) is 2.04. The van der Waals surface area contributed by atoms with Crippen molar-refractivity contribution < 1.29 is 0 Å². The number of hydrogen-bond donors (Lipinski definition) is 1. The Kier molecular flexibility index (Phi) is 3.18. The number of piperazine rings is 1. The lowest BCUT2D eigenvalue weighted by Crippen LogP contribution is -2.49. The quantitative estimate of drug-likeness (QED) is 0.757. The predicted molar refractivity (Wildman–Crippen MR) is 66.6 cm³/mol. The van der Waals surface area contributed by atoms with Gasteiger partial charge in [0, 0.05) is 45.3 Å². The Hall–Kier alpha value is -0.120. The van der Waals surface area contributed by atoms with Crippen LogP contribution in [-0.2, 0) is 0 Å². The zero-order valence-corrected chi connectivity index (χ0v) is 10.5. The molecule has 16 heavy (non-hydrogen) atoms. The zero-order valence-electron chi connectivity index (χ0n) is 10.5. The van der Waals surface area contributed by atoms with Crippen LogP contribution in [0.25, 0.3) is 0 Å². The fourth-order valence-electron chi connectivity index (χ4n) is 3.31. The molecule has 2 aliphatic heterocycles. The van der Waals surface area contributed by atoms with Gasteiger partial charge < -0.3 is 10.2 Å². The molecule has 3 aliphatic rings. The maximum Gasteiger partial charge on any atom is 0.0236 e. The Morgan fingerprint density at radius 3 is 2.62 bits per heavy atom. The summed E-state index contributed by atoms with van der Waals surface area (Å²) >= 11 is 0. The molecule has 3 rings (SSSR count). The lowest BCUT2D eigenvalue weighted by Gasteiger charge is -2.32. The first-order valence-electron chi connectivity index (χ1n) is 7.00. The molecule has 1 N–H and O–H groups in total. The van der Waals surface area contributed by atoms with Gasteiger partial charge in [0.15, 0.2) is 0 Å². The summed E-state index contributed by atoms with van der Waals surface area (Å²) in [6.45, 7) is 11.4. The van der Waals surface area contributed by atoms with Crippen molar-refractivity contribution in [1.82, 2.24) is 15.1 Å². The summed E-state index contributed by atoms with van der Waals surface area (Å²) in [4.78, 5) is 5.41. The highest BCUT2D eigenvalue weighted by Crippen LogP contribution is 2.38. The van der Waals surface area contributed by atoms with Gasteiger partial charge in [-0.15, -0.1) is 0 Å². The zero-order chi connectivity index (χ0) is 11.0. The second-order valence-electron chi connectivity index (χ2n) is 5.96. The van der Waals surface area contributed by atoms with Crippen molar-refractivity contribution in [3.8, 4) is 0 Å². The van der Waals surface area contributed by atoms with Crippen LogP contribution < -0.4 is 5.32 Å². The van der Waals surface area contributed by atoms with E-state index in [2.05, 4.69) is 22.0 Å². The van der Waals surface area contributed by atoms with Crippen molar-refractivity contribution in [2.75, 3.05) is 45.8 Å². The first-order chi connectivity index (χ1) is 7.83. The van der Waals surface area contributed by atoms with Gasteiger partial charge in [0.05, 0.1) is 0 Å². The van der Waals surface area contributed by atoms with Gasteiger partial charge in [0.2, 0.25) is 0 Å². The first-order valence-corrected chi connectivity index (χ1v) is 7.00. The van der Waals surface area contributed by atoms with Crippen LogP contribution in [0.4, 0.5) is 0 Å². The topological polar surface area (TPSA) is 18.5 Å². The normalized spacial score (nSPS) is 41.4. The second-order valence-corrected chi connectivity index (χ2v) is 5.96. The molecule has 0 aromatic heterocycles. The molecule has 0 aromatic carbocycles. The number of likely N-dealkylation sites (tertiary alicyclic amines) is 1. The highest BCUT2D eigenvalue weighted by atomic mass is 15.3. The average Bonchev–Trinajstić information content (AvgIpc) is 2.80. The SMILES string of the molecule is CC1CC1CN1CCC(N2CCNCC2)C1. The van der Waals surface area contributed by atoms with Crippen molar-refractivity contribution in [2.24, 2.45) is 11.8 Å². The monoisotopic (exact) mass is 223 g/mol. The van der Waals surface area contributed by atoms with Gasteiger partial charge in [0.25, 0.3) is 0 Å². The lowest BCUT2D eigenvalue weighted by molar-refractivity contribution is 0.170. The van der Waals surface area contributed by atoms with E-state index < -0.39 is 0 Å². The van der Waals surface area contributed by atoms with E-state index in [1.54, 1.807) is 0 Å². The predicted octanol–water partition coefficient (Wildman–Crippen LogP) is 0.622. The molecule has 1 saturated carbocycles. The smallest absolute Gasteiger partial charge is 0.0236 e. The van der Waals surface area contributed by atoms with Crippen molar-refractivity contribution in [3.63, 3.8) is 0 Å². The van der Waals surface area contributed by atoms with Crippen LogP contribution >= 0.6 is 0 Å². The number of nitrogens with one attached hydrogen (secondary N) is 1. The minimum absolute atomic E-state index is 0.858. The Labute approximate surface area is 99.2 Å². The van der Waals surface area contributed by atoms with Gasteiger partial charge in [-0.2, -0.15) is 0 Å². The molecule has 3 fully saturated rings. The molecular formula is C13H25N3. The van der Waals surface area contributed by atoms with E-state index in [0.29, 0.717) is 0 Å². The summed E-state index contributed by atoms with van der Waals surface area (Å²) in [5.41, 5.74) is 0. The molecule has 2 heterocycles. The largest absolute Gasteiger partial charge is 0.314 e. The van der Waals surface area contributed by atoms with Crippen LogP contribution in [0.15, 0.2) is 0 Å². The van der Waals surface area contributed by atoms with E-state index >= 15 is 0 Å². The number of rotatable bonds is 3. The lowest BCUT2D eigenvalue weighted by atomic mass is 10.2. The van der Waals surface area contributed by atoms with Crippen LogP contribution in [0.3, 0.4) is 0 Å². The molecular weight excluding hydrogens is 198 g/mol. The van der Waals surface area contributed by atoms with E-state index in [1.165, 1.54) is 58.7 Å². The third-order valence-corrected chi connectivity index (χ3v) is 4.68. The second kappa shape index (κ2) is 4.63. The van der Waals surface area contributed by atoms with Crippen molar-refractivity contribution in [1.29, 1.82) is 0 Å². The Morgan fingerprint density at radius 2 is 1.94 bits per heavy atom. The third kappa shape index (κ3) is 2.41. The van der Waals surface area contributed by atoms with Crippen molar-refractivity contribution in [2.45, 2.75) is 25.8 Å². The molecule has 0 amide bonds. The minimum atomic E-state index is 0.858. The summed E-state index contributed by atoms with van der Waals surface area (Å²) in [5, 5.41) is 3.44. The van der Waals surface area contributed by atoms with Gasteiger partial charge in [-0.3, -0.25) is 4.90 Å². The van der Waals surface area contributed by atoms with E-state index in [1.807, 2.05) is 0 Å². The fourth-order valence-corrected chi connectivity index (χ4v) is 3.31. The summed E-state index contributed by atoms with van der Waals surface area (Å²) in [6, 6.07) is 0.858. The molecule has 1 aliphatic carbocycles. The molecule has 3 atom stereocenters. The number of nitrogens with zero attached hydrogens (tertiary/aromatic N) is 2.